The van der Waals surface area contributed by atoms with E-state index in [9.17, 15) is 27.2 Å². The van der Waals surface area contributed by atoms with E-state index in [-0.39, 0.29) is 59.5 Å². The summed E-state index contributed by atoms with van der Waals surface area (Å²) in [5, 5.41) is 7.94. The summed E-state index contributed by atoms with van der Waals surface area (Å²) in [6.07, 6.45) is -0.658. The van der Waals surface area contributed by atoms with E-state index in [2.05, 4.69) is 25.9 Å². The van der Waals surface area contributed by atoms with Gasteiger partial charge in [-0.3, -0.25) is 19.6 Å². The maximum Gasteiger partial charge on any atom is 0.418 e. The normalized spacial score (nSPS) is 17.2. The molecule has 0 aliphatic carbocycles. The highest BCUT2D eigenvalue weighted by Crippen LogP contribution is 2.36. The molecule has 3 heterocycles. The Labute approximate surface area is 218 Å². The highest BCUT2D eigenvalue weighted by atomic mass is 35.5. The minimum absolute atomic E-state index is 0.0533. The molecule has 3 aromatic rings. The van der Waals surface area contributed by atoms with Crippen molar-refractivity contribution in [2.24, 2.45) is 0 Å². The first-order chi connectivity index (χ1) is 18.0. The quantitative estimate of drug-likeness (QED) is 0.328. The van der Waals surface area contributed by atoms with Gasteiger partial charge in [-0.2, -0.15) is 13.2 Å². The second-order valence-corrected chi connectivity index (χ2v) is 8.90. The fourth-order valence-electron chi connectivity index (χ4n) is 3.78. The van der Waals surface area contributed by atoms with Gasteiger partial charge in [-0.15, -0.1) is 0 Å². The molecule has 0 spiro atoms. The smallest absolute Gasteiger partial charge is 0.397 e. The molecule has 38 heavy (non-hydrogen) atoms. The van der Waals surface area contributed by atoms with Gasteiger partial charge in [0.15, 0.2) is 0 Å². The summed E-state index contributed by atoms with van der Waals surface area (Å²) < 4.78 is 58.5. The molecule has 1 aliphatic heterocycles. The number of amides is 2. The molecule has 1 aliphatic rings. The van der Waals surface area contributed by atoms with E-state index < -0.39 is 34.9 Å². The van der Waals surface area contributed by atoms with E-state index in [1.54, 1.807) is 0 Å². The van der Waals surface area contributed by atoms with Crippen molar-refractivity contribution >= 4 is 40.5 Å². The third-order valence-electron chi connectivity index (χ3n) is 5.73. The Balaban J connectivity index is 1.44. The van der Waals surface area contributed by atoms with Gasteiger partial charge in [0.05, 0.1) is 58.3 Å². The molecule has 1 aromatic carbocycles. The lowest BCUT2D eigenvalue weighted by molar-refractivity contribution is -0.137. The molecule has 0 radical (unpaired) electrons. The van der Waals surface area contributed by atoms with Crippen molar-refractivity contribution in [3.63, 3.8) is 0 Å². The molecule has 1 fully saturated rings. The maximum absolute atomic E-state index is 13.4. The molecular weight excluding hydrogens is 532 g/mol. The number of nitrogens with two attached hydrogens (primary N) is 1. The second kappa shape index (κ2) is 10.8. The predicted octanol–water partition coefficient (Wildman–Crippen LogP) is 3.82. The molecular formula is C24H21ClF4N6O3. The topological polar surface area (TPSA) is 131 Å². The first-order valence-corrected chi connectivity index (χ1v) is 11.5. The Kier molecular flexibility index (Phi) is 7.69. The third kappa shape index (κ3) is 6.11. The zero-order chi connectivity index (χ0) is 27.5. The van der Waals surface area contributed by atoms with Crippen LogP contribution in [0.4, 0.5) is 34.6 Å². The largest absolute Gasteiger partial charge is 0.418 e. The number of anilines is 3. The summed E-state index contributed by atoms with van der Waals surface area (Å²) in [5.41, 5.74) is 3.54. The van der Waals surface area contributed by atoms with Crippen molar-refractivity contribution in [2.75, 3.05) is 24.3 Å². The Morgan fingerprint density at radius 1 is 1.16 bits per heavy atom. The number of carbonyl (C=O) groups excluding carboxylic acids is 2. The number of hydrogen-bond acceptors (Lipinski definition) is 7. The Bertz CT molecular complexity index is 1370. The Morgan fingerprint density at radius 3 is 2.61 bits per heavy atom. The number of benzene rings is 1. The number of halogens is 5. The standard InChI is InChI=1S/C24H21ClF4N6O3/c25-18-7-16(34-19-2-1-14(26)6-17(19)24(27,28)29)10-32-20(18)11-33-22(37)23(3-4-38-12-23)35-21(36)13-5-15(30)9-31-8-13/h1-2,5-10,34H,3-4,11-12,30H2,(H,33,37)(H,35,36)/t23-/m0/s1. The molecule has 200 valence electrons. The number of ether oxygens (including phenoxy) is 1. The lowest BCUT2D eigenvalue weighted by Crippen LogP contribution is -2.59. The lowest BCUT2D eigenvalue weighted by atomic mass is 9.96. The molecule has 1 saturated heterocycles. The molecule has 0 unspecified atom stereocenters. The molecule has 2 aromatic heterocycles. The Hall–Kier alpha value is -3.97. The van der Waals surface area contributed by atoms with E-state index >= 15 is 0 Å². The number of rotatable bonds is 7. The van der Waals surface area contributed by atoms with E-state index in [4.69, 9.17) is 22.1 Å². The number of pyridine rings is 2. The molecule has 4 rings (SSSR count). The highest BCUT2D eigenvalue weighted by molar-refractivity contribution is 6.31. The number of hydrogen-bond donors (Lipinski definition) is 4. The van der Waals surface area contributed by atoms with Crippen molar-refractivity contribution < 1.29 is 31.9 Å². The number of nitrogen functional groups attached to an aromatic ring is 1. The molecule has 0 saturated carbocycles. The van der Waals surface area contributed by atoms with Crippen LogP contribution < -0.4 is 21.7 Å². The van der Waals surface area contributed by atoms with Crippen LogP contribution in [0.15, 0.2) is 48.9 Å². The summed E-state index contributed by atoms with van der Waals surface area (Å²) in [4.78, 5) is 33.8. The van der Waals surface area contributed by atoms with Crippen LogP contribution in [0.1, 0.15) is 28.0 Å². The van der Waals surface area contributed by atoms with Crippen LogP contribution in [0.25, 0.3) is 0 Å². The number of nitrogens with zero attached hydrogens (tertiary/aromatic N) is 2. The summed E-state index contributed by atoms with van der Waals surface area (Å²) in [6.45, 7) is 0.0366. The SMILES string of the molecule is Nc1cncc(C(=O)N[C@@]2(C(=O)NCc3ncc(Nc4ccc(F)cc4C(F)(F)F)cc3Cl)CCOC2)c1. The van der Waals surface area contributed by atoms with Crippen LogP contribution in [0.5, 0.6) is 0 Å². The second-order valence-electron chi connectivity index (χ2n) is 8.49. The summed E-state index contributed by atoms with van der Waals surface area (Å²) in [6, 6.07) is 4.97. The van der Waals surface area contributed by atoms with E-state index in [1.165, 1.54) is 30.7 Å². The van der Waals surface area contributed by atoms with Crippen LogP contribution in [0.2, 0.25) is 5.02 Å². The molecule has 2 amide bonds. The monoisotopic (exact) mass is 552 g/mol. The van der Waals surface area contributed by atoms with Gasteiger partial charge in [0.25, 0.3) is 5.91 Å². The van der Waals surface area contributed by atoms with Crippen LogP contribution >= 0.6 is 11.6 Å². The fraction of sp³-hybridized carbons (Fsp3) is 0.250. The predicted molar refractivity (Wildman–Crippen MR) is 130 cm³/mol. The molecule has 0 bridgehead atoms. The summed E-state index contributed by atoms with van der Waals surface area (Å²) >= 11 is 6.26. The average Bonchev–Trinajstić information content (AvgIpc) is 3.33. The average molecular weight is 553 g/mol. The minimum atomic E-state index is -4.79. The molecule has 1 atom stereocenters. The fourth-order valence-corrected chi connectivity index (χ4v) is 4.02. The van der Waals surface area contributed by atoms with Gasteiger partial charge in [-0.25, -0.2) is 4.39 Å². The van der Waals surface area contributed by atoms with Crippen LogP contribution in [0.3, 0.4) is 0 Å². The van der Waals surface area contributed by atoms with Crippen LogP contribution in [-0.4, -0.2) is 40.5 Å². The summed E-state index contributed by atoms with van der Waals surface area (Å²) in [5.74, 6) is -2.13. The van der Waals surface area contributed by atoms with Gasteiger partial charge in [-0.05, 0) is 30.3 Å². The number of aromatic nitrogens is 2. The van der Waals surface area contributed by atoms with Crippen molar-refractivity contribution in [1.29, 1.82) is 0 Å². The highest BCUT2D eigenvalue weighted by Gasteiger charge is 2.44. The number of nitrogens with one attached hydrogen (secondary N) is 3. The lowest BCUT2D eigenvalue weighted by Gasteiger charge is -2.27. The zero-order valence-electron chi connectivity index (χ0n) is 19.5. The first kappa shape index (κ1) is 27.1. The summed E-state index contributed by atoms with van der Waals surface area (Å²) in [7, 11) is 0. The molecule has 5 N–H and O–H groups in total. The third-order valence-corrected chi connectivity index (χ3v) is 6.06. The van der Waals surface area contributed by atoms with E-state index in [0.717, 1.165) is 12.1 Å². The van der Waals surface area contributed by atoms with Gasteiger partial charge in [0.1, 0.15) is 11.4 Å². The maximum atomic E-state index is 13.4. The first-order valence-electron chi connectivity index (χ1n) is 11.1. The van der Waals surface area contributed by atoms with Crippen LogP contribution in [0, 0.1) is 5.82 Å². The van der Waals surface area contributed by atoms with E-state index in [0.29, 0.717) is 6.07 Å². The minimum Gasteiger partial charge on any atom is -0.397 e. The zero-order valence-corrected chi connectivity index (χ0v) is 20.3. The van der Waals surface area contributed by atoms with E-state index in [1.807, 2.05) is 0 Å². The van der Waals surface area contributed by atoms with Crippen molar-refractivity contribution in [2.45, 2.75) is 24.7 Å². The van der Waals surface area contributed by atoms with Gasteiger partial charge in [0.2, 0.25) is 5.91 Å². The number of alkyl halides is 3. The molecule has 14 heteroatoms. The van der Waals surface area contributed by atoms with Crippen molar-refractivity contribution in [1.82, 2.24) is 20.6 Å². The van der Waals surface area contributed by atoms with Crippen molar-refractivity contribution in [3.05, 3.63) is 76.6 Å². The van der Waals surface area contributed by atoms with Gasteiger partial charge in [0, 0.05) is 25.4 Å². The van der Waals surface area contributed by atoms with Crippen LogP contribution in [-0.2, 0) is 22.3 Å². The van der Waals surface area contributed by atoms with Crippen molar-refractivity contribution in [3.8, 4) is 0 Å². The van der Waals surface area contributed by atoms with Gasteiger partial charge >= 0.3 is 6.18 Å². The Morgan fingerprint density at radius 2 is 1.95 bits per heavy atom. The van der Waals surface area contributed by atoms with Gasteiger partial charge in [-0.1, -0.05) is 11.6 Å². The molecule has 9 nitrogen and oxygen atoms in total. The number of carbonyl (C=O) groups is 2. The van der Waals surface area contributed by atoms with Gasteiger partial charge < -0.3 is 26.4 Å².